The summed E-state index contributed by atoms with van der Waals surface area (Å²) in [5.74, 6) is 0.704. The number of rotatable bonds is 5. The van der Waals surface area contributed by atoms with Gasteiger partial charge in [0.15, 0.2) is 6.61 Å². The van der Waals surface area contributed by atoms with Gasteiger partial charge < -0.3 is 9.64 Å². The molecule has 0 N–H and O–H groups in total. The number of hydrogen-bond acceptors (Lipinski definition) is 2. The Morgan fingerprint density at radius 3 is 3.05 bits per heavy atom. The molecule has 1 heterocycles. The molecule has 0 spiro atoms. The van der Waals surface area contributed by atoms with Gasteiger partial charge in [-0.05, 0) is 43.9 Å². The SMILES string of the molecule is O=C(COc1cccc(Cl)c1)N1CCCCC1CCBr. The molecule has 0 radical (unpaired) electrons. The quantitative estimate of drug-likeness (QED) is 0.746. The van der Waals surface area contributed by atoms with E-state index in [0.29, 0.717) is 16.8 Å². The van der Waals surface area contributed by atoms with Crippen LogP contribution in [0.3, 0.4) is 0 Å². The van der Waals surface area contributed by atoms with Crippen molar-refractivity contribution in [1.29, 1.82) is 0 Å². The predicted octanol–water partition coefficient (Wildman–Crippen LogP) is 3.88. The largest absolute Gasteiger partial charge is 0.484 e. The van der Waals surface area contributed by atoms with Gasteiger partial charge in [-0.2, -0.15) is 0 Å². The van der Waals surface area contributed by atoms with Crippen LogP contribution in [0.25, 0.3) is 0 Å². The second-order valence-corrected chi connectivity index (χ2v) is 6.19. The van der Waals surface area contributed by atoms with Gasteiger partial charge in [0.2, 0.25) is 0 Å². The second-order valence-electron chi connectivity index (χ2n) is 4.96. The van der Waals surface area contributed by atoms with Crippen LogP contribution in [0.2, 0.25) is 5.02 Å². The summed E-state index contributed by atoms with van der Waals surface area (Å²) in [7, 11) is 0. The molecule has 0 bridgehead atoms. The van der Waals surface area contributed by atoms with Crippen LogP contribution in [0.1, 0.15) is 25.7 Å². The molecule has 1 aromatic rings. The summed E-state index contributed by atoms with van der Waals surface area (Å²) in [4.78, 5) is 14.3. The number of amides is 1. The highest BCUT2D eigenvalue weighted by molar-refractivity contribution is 9.09. The van der Waals surface area contributed by atoms with E-state index in [4.69, 9.17) is 16.3 Å². The standard InChI is InChI=1S/C15H19BrClNO2/c16-8-7-13-5-1-2-9-18(13)15(19)11-20-14-6-3-4-12(17)10-14/h3-4,6,10,13H,1-2,5,7-9,11H2. The molecule has 5 heteroatoms. The van der Waals surface area contributed by atoms with Crippen molar-refractivity contribution in [2.24, 2.45) is 0 Å². The van der Waals surface area contributed by atoms with Crippen molar-refractivity contribution < 1.29 is 9.53 Å². The Morgan fingerprint density at radius 1 is 1.45 bits per heavy atom. The van der Waals surface area contributed by atoms with Gasteiger partial charge in [-0.1, -0.05) is 33.6 Å². The molecule has 1 unspecified atom stereocenters. The highest BCUT2D eigenvalue weighted by Crippen LogP contribution is 2.21. The van der Waals surface area contributed by atoms with Crippen LogP contribution in [-0.2, 0) is 4.79 Å². The molecule has 0 saturated carbocycles. The number of halogens is 2. The Labute approximate surface area is 133 Å². The van der Waals surface area contributed by atoms with Crippen LogP contribution in [-0.4, -0.2) is 35.3 Å². The number of alkyl halides is 1. The zero-order valence-corrected chi connectivity index (χ0v) is 13.7. The van der Waals surface area contributed by atoms with Crippen LogP contribution >= 0.6 is 27.5 Å². The first-order valence-corrected chi connectivity index (χ1v) is 8.44. The first kappa shape index (κ1) is 15.6. The maximum absolute atomic E-state index is 12.3. The van der Waals surface area contributed by atoms with E-state index in [1.54, 1.807) is 12.1 Å². The molecule has 3 nitrogen and oxygen atoms in total. The average molecular weight is 361 g/mol. The van der Waals surface area contributed by atoms with E-state index >= 15 is 0 Å². The predicted molar refractivity (Wildman–Crippen MR) is 84.7 cm³/mol. The molecular weight excluding hydrogens is 342 g/mol. The van der Waals surface area contributed by atoms with Crippen molar-refractivity contribution in [3.8, 4) is 5.75 Å². The number of piperidine rings is 1. The number of ether oxygens (including phenoxy) is 1. The first-order valence-electron chi connectivity index (χ1n) is 6.94. The number of carbonyl (C=O) groups is 1. The number of benzene rings is 1. The summed E-state index contributed by atoms with van der Waals surface area (Å²) >= 11 is 9.35. The third kappa shape index (κ3) is 4.38. The lowest BCUT2D eigenvalue weighted by Gasteiger charge is -2.35. The summed E-state index contributed by atoms with van der Waals surface area (Å²) < 4.78 is 5.54. The lowest BCUT2D eigenvalue weighted by atomic mass is 10.00. The van der Waals surface area contributed by atoms with Gasteiger partial charge in [-0.15, -0.1) is 0 Å². The Balaban J connectivity index is 1.89. The van der Waals surface area contributed by atoms with Crippen molar-refractivity contribution in [2.75, 3.05) is 18.5 Å². The molecule has 2 rings (SSSR count). The van der Waals surface area contributed by atoms with Gasteiger partial charge >= 0.3 is 0 Å². The molecule has 1 amide bonds. The maximum Gasteiger partial charge on any atom is 0.260 e. The van der Waals surface area contributed by atoms with E-state index in [-0.39, 0.29) is 12.5 Å². The van der Waals surface area contributed by atoms with Crippen molar-refractivity contribution in [2.45, 2.75) is 31.7 Å². The minimum atomic E-state index is 0.0654. The molecule has 20 heavy (non-hydrogen) atoms. The maximum atomic E-state index is 12.3. The van der Waals surface area contributed by atoms with Gasteiger partial charge in [-0.3, -0.25) is 4.79 Å². The van der Waals surface area contributed by atoms with Crippen LogP contribution in [0.15, 0.2) is 24.3 Å². The zero-order chi connectivity index (χ0) is 14.4. The summed E-state index contributed by atoms with van der Waals surface area (Å²) in [5, 5.41) is 1.54. The van der Waals surface area contributed by atoms with E-state index in [1.807, 2.05) is 17.0 Å². The zero-order valence-electron chi connectivity index (χ0n) is 11.4. The Hall–Kier alpha value is -0.740. The molecule has 1 aromatic carbocycles. The van der Waals surface area contributed by atoms with Gasteiger partial charge in [0.1, 0.15) is 5.75 Å². The topological polar surface area (TPSA) is 29.5 Å². The molecule has 1 aliphatic rings. The fraction of sp³-hybridized carbons (Fsp3) is 0.533. The van der Waals surface area contributed by atoms with Crippen molar-refractivity contribution in [3.63, 3.8) is 0 Å². The minimum absolute atomic E-state index is 0.0654. The van der Waals surface area contributed by atoms with E-state index in [0.717, 1.165) is 31.1 Å². The van der Waals surface area contributed by atoms with Gasteiger partial charge in [0.05, 0.1) is 0 Å². The smallest absolute Gasteiger partial charge is 0.260 e. The fourth-order valence-corrected chi connectivity index (χ4v) is 3.25. The molecule has 110 valence electrons. The minimum Gasteiger partial charge on any atom is -0.484 e. The van der Waals surface area contributed by atoms with Crippen LogP contribution in [0, 0.1) is 0 Å². The monoisotopic (exact) mass is 359 g/mol. The molecule has 0 aliphatic carbocycles. The van der Waals surface area contributed by atoms with Crippen molar-refractivity contribution in [3.05, 3.63) is 29.3 Å². The lowest BCUT2D eigenvalue weighted by molar-refractivity contribution is -0.137. The molecule has 1 aliphatic heterocycles. The third-order valence-electron chi connectivity index (χ3n) is 3.55. The highest BCUT2D eigenvalue weighted by Gasteiger charge is 2.26. The number of nitrogens with zero attached hydrogens (tertiary/aromatic N) is 1. The summed E-state index contributed by atoms with van der Waals surface area (Å²) in [5.41, 5.74) is 0. The van der Waals surface area contributed by atoms with Gasteiger partial charge in [0.25, 0.3) is 5.91 Å². The van der Waals surface area contributed by atoms with Crippen molar-refractivity contribution in [1.82, 2.24) is 4.90 Å². The first-order chi connectivity index (χ1) is 9.70. The number of likely N-dealkylation sites (tertiary alicyclic amines) is 1. The second kappa shape index (κ2) is 7.89. The van der Waals surface area contributed by atoms with Gasteiger partial charge in [-0.25, -0.2) is 0 Å². The summed E-state index contributed by atoms with van der Waals surface area (Å²) in [6.07, 6.45) is 4.38. The Kier molecular flexibility index (Phi) is 6.17. The Bertz CT molecular complexity index is 453. The van der Waals surface area contributed by atoms with Crippen LogP contribution < -0.4 is 4.74 Å². The van der Waals surface area contributed by atoms with E-state index in [1.165, 1.54) is 6.42 Å². The molecule has 1 atom stereocenters. The van der Waals surface area contributed by atoms with Crippen LogP contribution in [0.4, 0.5) is 0 Å². The molecule has 0 aromatic heterocycles. The molecule has 1 fully saturated rings. The summed E-state index contributed by atoms with van der Waals surface area (Å²) in [6.45, 7) is 0.925. The van der Waals surface area contributed by atoms with Crippen LogP contribution in [0.5, 0.6) is 5.75 Å². The van der Waals surface area contributed by atoms with E-state index in [9.17, 15) is 4.79 Å². The number of carbonyl (C=O) groups excluding carboxylic acids is 1. The van der Waals surface area contributed by atoms with Gasteiger partial charge in [0, 0.05) is 22.9 Å². The van der Waals surface area contributed by atoms with Crippen molar-refractivity contribution >= 4 is 33.4 Å². The third-order valence-corrected chi connectivity index (χ3v) is 4.24. The average Bonchev–Trinajstić information content (AvgIpc) is 2.46. The fourth-order valence-electron chi connectivity index (χ4n) is 2.54. The lowest BCUT2D eigenvalue weighted by Crippen LogP contribution is -2.46. The van der Waals surface area contributed by atoms with E-state index in [2.05, 4.69) is 15.9 Å². The summed E-state index contributed by atoms with van der Waals surface area (Å²) in [6, 6.07) is 7.48. The Morgan fingerprint density at radius 2 is 2.30 bits per heavy atom. The number of hydrogen-bond donors (Lipinski definition) is 0. The van der Waals surface area contributed by atoms with E-state index < -0.39 is 0 Å². The molecular formula is C15H19BrClNO2. The highest BCUT2D eigenvalue weighted by atomic mass is 79.9. The normalized spacial score (nSPS) is 18.9. The molecule has 1 saturated heterocycles.